The maximum atomic E-state index is 12.7. The Morgan fingerprint density at radius 1 is 1.15 bits per heavy atom. The third-order valence-electron chi connectivity index (χ3n) is 2.90. The van der Waals surface area contributed by atoms with Crippen molar-refractivity contribution in [2.24, 2.45) is 0 Å². The van der Waals surface area contributed by atoms with Crippen molar-refractivity contribution in [3.05, 3.63) is 60.7 Å². The second-order valence-electron chi connectivity index (χ2n) is 4.24. The van der Waals surface area contributed by atoms with Gasteiger partial charge < -0.3 is 4.74 Å². The van der Waals surface area contributed by atoms with Gasteiger partial charge in [0.15, 0.2) is 6.61 Å². The molecule has 3 rings (SSSR count). The molecule has 0 atom stereocenters. The van der Waals surface area contributed by atoms with Gasteiger partial charge >= 0.3 is 0 Å². The zero-order chi connectivity index (χ0) is 13.9. The Morgan fingerprint density at radius 3 is 2.70 bits per heavy atom. The van der Waals surface area contributed by atoms with Gasteiger partial charge in [-0.15, -0.1) is 0 Å². The summed E-state index contributed by atoms with van der Waals surface area (Å²) in [6, 6.07) is 12.9. The largest absolute Gasteiger partial charge is 0.484 e. The van der Waals surface area contributed by atoms with Gasteiger partial charge in [-0.3, -0.25) is 9.36 Å². The molecule has 4 nitrogen and oxygen atoms in total. The van der Waals surface area contributed by atoms with Gasteiger partial charge in [-0.2, -0.15) is 0 Å². The number of carbonyl (C=O) groups is 1. The van der Waals surface area contributed by atoms with Crippen LogP contribution in [0.5, 0.6) is 5.75 Å². The summed E-state index contributed by atoms with van der Waals surface area (Å²) in [5.74, 6) is -0.128. The first-order valence-corrected chi connectivity index (χ1v) is 6.08. The lowest BCUT2D eigenvalue weighted by Gasteiger charge is -2.06. The Kier molecular flexibility index (Phi) is 3.16. The van der Waals surface area contributed by atoms with E-state index in [4.69, 9.17) is 4.74 Å². The van der Waals surface area contributed by atoms with Crippen molar-refractivity contribution in [1.82, 2.24) is 9.55 Å². The summed E-state index contributed by atoms with van der Waals surface area (Å²) in [4.78, 5) is 16.2. The Morgan fingerprint density at radius 2 is 1.90 bits per heavy atom. The van der Waals surface area contributed by atoms with Crippen LogP contribution < -0.4 is 4.74 Å². The van der Waals surface area contributed by atoms with Crippen LogP contribution in [0.4, 0.5) is 4.39 Å². The molecule has 0 bridgehead atoms. The van der Waals surface area contributed by atoms with E-state index in [0.717, 1.165) is 11.0 Å². The van der Waals surface area contributed by atoms with Crippen LogP contribution in [0.15, 0.2) is 54.9 Å². The molecule has 0 unspecified atom stereocenters. The predicted octanol–water partition coefficient (Wildman–Crippen LogP) is 2.89. The van der Waals surface area contributed by atoms with Gasteiger partial charge in [0.2, 0.25) is 0 Å². The van der Waals surface area contributed by atoms with E-state index in [1.165, 1.54) is 35.2 Å². The molecule has 0 radical (unpaired) electrons. The second-order valence-corrected chi connectivity index (χ2v) is 4.24. The summed E-state index contributed by atoms with van der Waals surface area (Å²) >= 11 is 0. The molecule has 20 heavy (non-hydrogen) atoms. The molecule has 0 spiro atoms. The van der Waals surface area contributed by atoms with Crippen molar-refractivity contribution in [3.63, 3.8) is 0 Å². The minimum atomic E-state index is -0.343. The number of fused-ring (bicyclic) bond motifs is 1. The van der Waals surface area contributed by atoms with Crippen LogP contribution in [0, 0.1) is 5.82 Å². The molecule has 0 amide bonds. The first-order valence-electron chi connectivity index (χ1n) is 6.08. The number of benzene rings is 2. The van der Waals surface area contributed by atoms with Crippen molar-refractivity contribution >= 4 is 16.9 Å². The third-order valence-corrected chi connectivity index (χ3v) is 2.90. The van der Waals surface area contributed by atoms with Gasteiger partial charge in [0.1, 0.15) is 17.9 Å². The molecule has 0 aliphatic carbocycles. The fourth-order valence-electron chi connectivity index (χ4n) is 1.90. The maximum Gasteiger partial charge on any atom is 0.270 e. The summed E-state index contributed by atoms with van der Waals surface area (Å²) in [7, 11) is 0. The third kappa shape index (κ3) is 2.38. The number of hydrogen-bond donors (Lipinski definition) is 0. The molecule has 1 aromatic heterocycles. The van der Waals surface area contributed by atoms with E-state index in [2.05, 4.69) is 4.98 Å². The monoisotopic (exact) mass is 270 g/mol. The predicted molar refractivity (Wildman–Crippen MR) is 72.3 cm³/mol. The maximum absolute atomic E-state index is 12.7. The topological polar surface area (TPSA) is 44.1 Å². The average molecular weight is 270 g/mol. The van der Waals surface area contributed by atoms with E-state index >= 15 is 0 Å². The molecular weight excluding hydrogens is 259 g/mol. The van der Waals surface area contributed by atoms with Crippen LogP contribution in [0.1, 0.15) is 4.79 Å². The molecule has 0 aliphatic rings. The second kappa shape index (κ2) is 5.13. The van der Waals surface area contributed by atoms with Crippen LogP contribution >= 0.6 is 0 Å². The van der Waals surface area contributed by atoms with Crippen LogP contribution in [0.25, 0.3) is 11.0 Å². The molecular formula is C15H11FN2O2. The standard InChI is InChI=1S/C15H11FN2O2/c16-11-5-7-12(8-6-11)20-9-15(19)18-10-17-13-3-1-2-4-14(13)18/h1-8,10H,9H2. The Hall–Kier alpha value is -2.69. The number of para-hydroxylation sites is 2. The van der Waals surface area contributed by atoms with Crippen LogP contribution in [0.3, 0.4) is 0 Å². The number of aromatic nitrogens is 2. The van der Waals surface area contributed by atoms with Crippen molar-refractivity contribution in [1.29, 1.82) is 0 Å². The molecule has 0 N–H and O–H groups in total. The molecule has 0 saturated heterocycles. The first kappa shape index (κ1) is 12.3. The highest BCUT2D eigenvalue weighted by molar-refractivity contribution is 5.90. The number of nitrogens with zero attached hydrogens (tertiary/aromatic N) is 2. The van der Waals surface area contributed by atoms with E-state index < -0.39 is 0 Å². The SMILES string of the molecule is O=C(COc1ccc(F)cc1)n1cnc2ccccc21. The summed E-state index contributed by atoms with van der Waals surface area (Å²) in [6.45, 7) is -0.133. The highest BCUT2D eigenvalue weighted by atomic mass is 19.1. The number of rotatable bonds is 3. The van der Waals surface area contributed by atoms with E-state index in [-0.39, 0.29) is 18.3 Å². The first-order chi connectivity index (χ1) is 9.74. The van der Waals surface area contributed by atoms with Gasteiger partial charge in [-0.25, -0.2) is 9.37 Å². The van der Waals surface area contributed by atoms with Crippen molar-refractivity contribution in [3.8, 4) is 5.75 Å². The zero-order valence-electron chi connectivity index (χ0n) is 10.5. The number of hydrogen-bond acceptors (Lipinski definition) is 3. The van der Waals surface area contributed by atoms with Crippen LogP contribution in [0.2, 0.25) is 0 Å². The van der Waals surface area contributed by atoms with Crippen molar-refractivity contribution < 1.29 is 13.9 Å². The van der Waals surface area contributed by atoms with Crippen molar-refractivity contribution in [2.45, 2.75) is 0 Å². The molecule has 1 heterocycles. The van der Waals surface area contributed by atoms with Crippen LogP contribution in [-0.2, 0) is 0 Å². The molecule has 2 aromatic carbocycles. The van der Waals surface area contributed by atoms with E-state index in [1.54, 1.807) is 0 Å². The molecule has 0 fully saturated rings. The minimum absolute atomic E-state index is 0.133. The van der Waals surface area contributed by atoms with Gasteiger partial charge in [0.25, 0.3) is 5.91 Å². The highest BCUT2D eigenvalue weighted by Crippen LogP contribution is 2.13. The van der Waals surface area contributed by atoms with Gasteiger partial charge in [0, 0.05) is 0 Å². The average Bonchev–Trinajstić information content (AvgIpc) is 2.90. The quantitative estimate of drug-likeness (QED) is 0.735. The smallest absolute Gasteiger partial charge is 0.270 e. The fourth-order valence-corrected chi connectivity index (χ4v) is 1.90. The molecule has 100 valence electrons. The normalized spacial score (nSPS) is 10.7. The lowest BCUT2D eigenvalue weighted by atomic mass is 10.3. The van der Waals surface area contributed by atoms with E-state index in [9.17, 15) is 9.18 Å². The molecule has 3 aromatic rings. The number of halogens is 1. The summed E-state index contributed by atoms with van der Waals surface area (Å²) in [5.41, 5.74) is 1.49. The van der Waals surface area contributed by atoms with Gasteiger partial charge in [-0.1, -0.05) is 12.1 Å². The van der Waals surface area contributed by atoms with Crippen molar-refractivity contribution in [2.75, 3.05) is 6.61 Å². The summed E-state index contributed by atoms with van der Waals surface area (Å²) < 4.78 is 19.5. The summed E-state index contributed by atoms with van der Waals surface area (Å²) in [5, 5.41) is 0. The Balaban J connectivity index is 1.75. The van der Waals surface area contributed by atoms with Crippen LogP contribution in [-0.4, -0.2) is 22.1 Å². The fraction of sp³-hybridized carbons (Fsp3) is 0.0667. The number of ether oxygens (including phenoxy) is 1. The zero-order valence-corrected chi connectivity index (χ0v) is 10.5. The van der Waals surface area contributed by atoms with Gasteiger partial charge in [0.05, 0.1) is 11.0 Å². The molecule has 5 heteroatoms. The lowest BCUT2D eigenvalue weighted by molar-refractivity contribution is 0.0842. The summed E-state index contributed by atoms with van der Waals surface area (Å²) in [6.07, 6.45) is 1.47. The van der Waals surface area contributed by atoms with E-state index in [0.29, 0.717) is 5.75 Å². The van der Waals surface area contributed by atoms with E-state index in [1.807, 2.05) is 24.3 Å². The minimum Gasteiger partial charge on any atom is -0.484 e. The Bertz CT molecular complexity index is 750. The molecule has 0 saturated carbocycles. The molecule has 0 aliphatic heterocycles. The lowest BCUT2D eigenvalue weighted by Crippen LogP contribution is -2.18. The highest BCUT2D eigenvalue weighted by Gasteiger charge is 2.10. The number of carbonyl (C=O) groups excluding carboxylic acids is 1. The van der Waals surface area contributed by atoms with Gasteiger partial charge in [-0.05, 0) is 36.4 Å². The number of imidazole rings is 1. The Labute approximate surface area is 114 Å².